The molecule has 7 nitrogen and oxygen atoms in total. The second kappa shape index (κ2) is 7.69. The maximum atomic E-state index is 13.9. The van der Waals surface area contributed by atoms with Gasteiger partial charge in [-0.3, -0.25) is 0 Å². The number of methoxy groups -OCH3 is 1. The molecule has 0 bridgehead atoms. The number of esters is 1. The molecule has 3 aromatic rings. The highest BCUT2D eigenvalue weighted by molar-refractivity contribution is 5.97. The van der Waals surface area contributed by atoms with Gasteiger partial charge in [0.2, 0.25) is 0 Å². The molecule has 0 radical (unpaired) electrons. The summed E-state index contributed by atoms with van der Waals surface area (Å²) in [7, 11) is 3.03. The van der Waals surface area contributed by atoms with Gasteiger partial charge in [0.15, 0.2) is 11.6 Å². The van der Waals surface area contributed by atoms with Gasteiger partial charge < -0.3 is 20.7 Å². The molecule has 138 valence electrons. The minimum absolute atomic E-state index is 0.211. The molecule has 0 spiro atoms. The molecule has 0 fully saturated rings. The molecule has 0 amide bonds. The lowest BCUT2D eigenvalue weighted by Crippen LogP contribution is -2.18. The molecular weight excluding hydrogens is 349 g/mol. The number of halogens is 1. The lowest BCUT2D eigenvalue weighted by Gasteiger charge is -2.23. The van der Waals surface area contributed by atoms with Gasteiger partial charge in [0.1, 0.15) is 17.8 Å². The zero-order valence-corrected chi connectivity index (χ0v) is 14.8. The molecule has 0 unspecified atom stereocenters. The third-order valence-electron chi connectivity index (χ3n) is 3.98. The zero-order valence-electron chi connectivity index (χ0n) is 14.8. The number of nitrogens with two attached hydrogens (primary N) is 1. The number of hydrogen-bond acceptors (Lipinski definition) is 7. The van der Waals surface area contributed by atoms with E-state index in [1.807, 2.05) is 0 Å². The Bertz CT molecular complexity index is 980. The minimum Gasteiger partial charge on any atom is -0.465 e. The number of rotatable bonds is 5. The Balaban J connectivity index is 1.99. The summed E-state index contributed by atoms with van der Waals surface area (Å²) in [6.45, 7) is 0. The maximum Gasteiger partial charge on any atom is 0.339 e. The molecule has 8 heteroatoms. The Labute approximate surface area is 155 Å². The lowest BCUT2D eigenvalue weighted by atomic mass is 10.1. The number of nitrogen functional groups attached to an aromatic ring is 1. The minimum atomic E-state index is -0.477. The van der Waals surface area contributed by atoms with Crippen LogP contribution in [0.5, 0.6) is 0 Å². The summed E-state index contributed by atoms with van der Waals surface area (Å²) in [5, 5.41) is 2.87. The van der Waals surface area contributed by atoms with Crippen LogP contribution < -0.4 is 16.0 Å². The third kappa shape index (κ3) is 3.64. The normalized spacial score (nSPS) is 10.3. The van der Waals surface area contributed by atoms with E-state index in [1.54, 1.807) is 54.4 Å². The monoisotopic (exact) mass is 367 g/mol. The second-order valence-electron chi connectivity index (χ2n) is 5.63. The van der Waals surface area contributed by atoms with E-state index >= 15 is 0 Å². The van der Waals surface area contributed by atoms with Gasteiger partial charge in [-0.25, -0.2) is 19.2 Å². The summed E-state index contributed by atoms with van der Waals surface area (Å²) in [4.78, 5) is 22.0. The van der Waals surface area contributed by atoms with Crippen molar-refractivity contribution in [2.75, 3.05) is 30.1 Å². The summed E-state index contributed by atoms with van der Waals surface area (Å²) in [5.41, 5.74) is 7.59. The van der Waals surface area contributed by atoms with Crippen molar-refractivity contribution in [3.63, 3.8) is 0 Å². The zero-order chi connectivity index (χ0) is 19.4. The van der Waals surface area contributed by atoms with E-state index in [4.69, 9.17) is 10.5 Å². The van der Waals surface area contributed by atoms with Gasteiger partial charge in [-0.05, 0) is 24.3 Å². The molecule has 0 atom stereocenters. The third-order valence-corrected chi connectivity index (χ3v) is 3.98. The lowest BCUT2D eigenvalue weighted by molar-refractivity contribution is 0.0601. The Kier molecular flexibility index (Phi) is 5.16. The van der Waals surface area contributed by atoms with Gasteiger partial charge in [-0.15, -0.1) is 0 Å². The fraction of sp³-hybridized carbons (Fsp3) is 0.105. The Morgan fingerprint density at radius 3 is 2.59 bits per heavy atom. The van der Waals surface area contributed by atoms with E-state index in [-0.39, 0.29) is 17.2 Å². The standard InChI is InChI=1S/C19H18FN5O2/c1-25(15-10-6-3-7-12(15)19(26)27-2)18-16(21)17(22-11-23-18)24-14-9-5-4-8-13(14)20/h3-11H,21H2,1-2H3,(H,22,23,24). The number of carbonyl (C=O) groups excluding carboxylic acids is 1. The van der Waals surface area contributed by atoms with Gasteiger partial charge in [-0.1, -0.05) is 24.3 Å². The van der Waals surface area contributed by atoms with Crippen LogP contribution >= 0.6 is 0 Å². The SMILES string of the molecule is COC(=O)c1ccccc1N(C)c1ncnc(Nc2ccccc2F)c1N. The van der Waals surface area contributed by atoms with Crippen LogP contribution in [0.3, 0.4) is 0 Å². The molecule has 0 aliphatic rings. The van der Waals surface area contributed by atoms with Crippen molar-refractivity contribution in [3.05, 3.63) is 66.2 Å². The van der Waals surface area contributed by atoms with E-state index in [0.717, 1.165) is 0 Å². The van der Waals surface area contributed by atoms with Crippen LogP contribution in [0, 0.1) is 5.82 Å². The van der Waals surface area contributed by atoms with Gasteiger partial charge in [0, 0.05) is 7.05 Å². The Morgan fingerprint density at radius 2 is 1.85 bits per heavy atom. The van der Waals surface area contributed by atoms with Crippen molar-refractivity contribution in [3.8, 4) is 0 Å². The number of para-hydroxylation sites is 2. The van der Waals surface area contributed by atoms with Crippen molar-refractivity contribution >= 4 is 34.7 Å². The molecule has 0 aliphatic carbocycles. The van der Waals surface area contributed by atoms with Crippen LogP contribution in [0.15, 0.2) is 54.9 Å². The number of ether oxygens (including phenoxy) is 1. The van der Waals surface area contributed by atoms with Gasteiger partial charge in [0.05, 0.1) is 24.0 Å². The number of benzene rings is 2. The maximum absolute atomic E-state index is 13.9. The van der Waals surface area contributed by atoms with E-state index < -0.39 is 11.8 Å². The molecule has 2 aromatic carbocycles. The summed E-state index contributed by atoms with van der Waals surface area (Å²) in [6.07, 6.45) is 1.31. The molecule has 1 aromatic heterocycles. The summed E-state index contributed by atoms with van der Waals surface area (Å²) in [5.74, 6) is -0.288. The van der Waals surface area contributed by atoms with E-state index in [0.29, 0.717) is 17.1 Å². The quantitative estimate of drug-likeness (QED) is 0.667. The van der Waals surface area contributed by atoms with Crippen molar-refractivity contribution in [1.29, 1.82) is 0 Å². The van der Waals surface area contributed by atoms with Gasteiger partial charge in [0.25, 0.3) is 0 Å². The molecule has 27 heavy (non-hydrogen) atoms. The van der Waals surface area contributed by atoms with Crippen molar-refractivity contribution in [2.45, 2.75) is 0 Å². The van der Waals surface area contributed by atoms with Gasteiger partial charge >= 0.3 is 5.97 Å². The molecular formula is C19H18FN5O2. The smallest absolute Gasteiger partial charge is 0.339 e. The molecule has 0 saturated heterocycles. The molecule has 0 aliphatic heterocycles. The second-order valence-corrected chi connectivity index (χ2v) is 5.63. The highest BCUT2D eigenvalue weighted by Crippen LogP contribution is 2.33. The number of aromatic nitrogens is 2. The van der Waals surface area contributed by atoms with Crippen LogP contribution in [0.25, 0.3) is 0 Å². The largest absolute Gasteiger partial charge is 0.465 e. The fourth-order valence-electron chi connectivity index (χ4n) is 2.61. The number of carbonyl (C=O) groups is 1. The van der Waals surface area contributed by atoms with Crippen molar-refractivity contribution in [2.24, 2.45) is 0 Å². The summed E-state index contributed by atoms with van der Waals surface area (Å²) in [6, 6.07) is 13.1. The van der Waals surface area contributed by atoms with Crippen molar-refractivity contribution in [1.82, 2.24) is 9.97 Å². The first-order valence-electron chi connectivity index (χ1n) is 8.06. The summed E-state index contributed by atoms with van der Waals surface area (Å²) < 4.78 is 18.7. The van der Waals surface area contributed by atoms with Crippen LogP contribution in [0.1, 0.15) is 10.4 Å². The molecule has 3 N–H and O–H groups in total. The van der Waals surface area contributed by atoms with Crippen LogP contribution in [0.2, 0.25) is 0 Å². The molecule has 3 rings (SSSR count). The number of anilines is 5. The van der Waals surface area contributed by atoms with Crippen molar-refractivity contribution < 1.29 is 13.9 Å². The Morgan fingerprint density at radius 1 is 1.15 bits per heavy atom. The first-order valence-corrected chi connectivity index (χ1v) is 8.06. The fourth-order valence-corrected chi connectivity index (χ4v) is 2.61. The number of hydrogen-bond donors (Lipinski definition) is 2. The van der Waals surface area contributed by atoms with Crippen LogP contribution in [-0.4, -0.2) is 30.1 Å². The highest BCUT2D eigenvalue weighted by Gasteiger charge is 2.19. The number of nitrogens with zero attached hydrogens (tertiary/aromatic N) is 3. The molecule has 0 saturated carbocycles. The van der Waals surface area contributed by atoms with Crippen LogP contribution in [-0.2, 0) is 4.74 Å². The first-order chi connectivity index (χ1) is 13.0. The predicted molar refractivity (Wildman–Crippen MR) is 102 cm³/mol. The average molecular weight is 367 g/mol. The summed E-state index contributed by atoms with van der Waals surface area (Å²) >= 11 is 0. The molecule has 1 heterocycles. The first kappa shape index (κ1) is 18.1. The van der Waals surface area contributed by atoms with E-state index in [2.05, 4.69) is 15.3 Å². The van der Waals surface area contributed by atoms with E-state index in [1.165, 1.54) is 19.5 Å². The highest BCUT2D eigenvalue weighted by atomic mass is 19.1. The predicted octanol–water partition coefficient (Wildman–Crippen LogP) is 3.50. The Hall–Kier alpha value is -3.68. The van der Waals surface area contributed by atoms with Gasteiger partial charge in [-0.2, -0.15) is 0 Å². The average Bonchev–Trinajstić information content (AvgIpc) is 2.70. The topological polar surface area (TPSA) is 93.4 Å². The van der Waals surface area contributed by atoms with E-state index in [9.17, 15) is 9.18 Å². The number of nitrogens with one attached hydrogen (secondary N) is 1. The van der Waals surface area contributed by atoms with Crippen LogP contribution in [0.4, 0.5) is 33.1 Å².